The monoisotopic (exact) mass is 339 g/mol. The molecule has 1 heterocycles. The van der Waals surface area contributed by atoms with E-state index in [-0.39, 0.29) is 0 Å². The maximum atomic E-state index is 11.7. The molecule has 0 aliphatic carbocycles. The van der Waals surface area contributed by atoms with Crippen molar-refractivity contribution >= 4 is 21.4 Å². The van der Waals surface area contributed by atoms with E-state index in [1.807, 2.05) is 6.07 Å². The molecule has 0 saturated carbocycles. The summed E-state index contributed by atoms with van der Waals surface area (Å²) in [6, 6.07) is 6.73. The van der Waals surface area contributed by atoms with Gasteiger partial charge in [-0.2, -0.15) is 0 Å². The minimum Gasteiger partial charge on any atom is -0.370 e. The van der Waals surface area contributed by atoms with Gasteiger partial charge in [0.25, 0.3) is 0 Å². The zero-order valence-electron chi connectivity index (χ0n) is 14.8. The minimum absolute atomic E-state index is 0.364. The Kier molecular flexibility index (Phi) is 5.57. The zero-order valence-corrected chi connectivity index (χ0v) is 15.7. The molecule has 0 aromatic heterocycles. The van der Waals surface area contributed by atoms with Gasteiger partial charge in [-0.05, 0) is 50.6 Å². The lowest BCUT2D eigenvalue weighted by atomic mass is 10.00. The van der Waals surface area contributed by atoms with E-state index in [0.717, 1.165) is 37.2 Å². The Morgan fingerprint density at radius 2 is 1.83 bits per heavy atom. The minimum atomic E-state index is -3.29. The van der Waals surface area contributed by atoms with Crippen LogP contribution < -0.4 is 9.62 Å². The third-order valence-corrected chi connectivity index (χ3v) is 5.11. The quantitative estimate of drug-likeness (QED) is 0.896. The van der Waals surface area contributed by atoms with Gasteiger partial charge in [0, 0.05) is 19.1 Å². The Hall–Kier alpha value is -1.27. The Morgan fingerprint density at radius 1 is 1.22 bits per heavy atom. The molecule has 0 amide bonds. The lowest BCUT2D eigenvalue weighted by molar-refractivity contribution is 0.250. The number of nitrogens with zero attached hydrogens (tertiary/aromatic N) is 2. The van der Waals surface area contributed by atoms with Crippen molar-refractivity contribution in [2.75, 3.05) is 43.1 Å². The number of anilines is 2. The number of sulfonamides is 1. The Balaban J connectivity index is 2.27. The molecular formula is C17H29N3O2S. The fraction of sp³-hybridized carbons (Fsp3) is 0.647. The molecule has 0 unspecified atom stereocenters. The molecule has 130 valence electrons. The molecule has 6 heteroatoms. The van der Waals surface area contributed by atoms with Gasteiger partial charge in [0.05, 0.1) is 17.6 Å². The molecule has 5 nitrogen and oxygen atoms in total. The average Bonchev–Trinajstić information content (AvgIpc) is 2.45. The Morgan fingerprint density at radius 3 is 2.30 bits per heavy atom. The van der Waals surface area contributed by atoms with Crippen molar-refractivity contribution < 1.29 is 8.42 Å². The van der Waals surface area contributed by atoms with Crippen LogP contribution in [0.5, 0.6) is 0 Å². The highest BCUT2D eigenvalue weighted by molar-refractivity contribution is 7.92. The number of piperidine rings is 1. The molecule has 1 aliphatic rings. The van der Waals surface area contributed by atoms with Crippen LogP contribution in [0.4, 0.5) is 11.4 Å². The summed E-state index contributed by atoms with van der Waals surface area (Å²) in [5.41, 5.74) is 2.82. The van der Waals surface area contributed by atoms with Crippen LogP contribution in [0.3, 0.4) is 0 Å². The van der Waals surface area contributed by atoms with E-state index in [0.29, 0.717) is 17.6 Å². The van der Waals surface area contributed by atoms with Crippen molar-refractivity contribution in [3.8, 4) is 0 Å². The third kappa shape index (κ3) is 4.85. The molecule has 1 aliphatic heterocycles. The molecule has 1 aromatic carbocycles. The highest BCUT2D eigenvalue weighted by Crippen LogP contribution is 2.32. The lowest BCUT2D eigenvalue weighted by Gasteiger charge is -2.37. The molecule has 1 fully saturated rings. The molecule has 0 atom stereocenters. The summed E-state index contributed by atoms with van der Waals surface area (Å²) in [6.07, 6.45) is 3.39. The number of hydrogen-bond donors (Lipinski definition) is 1. The predicted octanol–water partition coefficient (Wildman–Crippen LogP) is 2.71. The maximum absolute atomic E-state index is 11.7. The fourth-order valence-corrected chi connectivity index (χ4v) is 3.66. The Labute approximate surface area is 140 Å². The van der Waals surface area contributed by atoms with Gasteiger partial charge in [-0.15, -0.1) is 0 Å². The summed E-state index contributed by atoms with van der Waals surface area (Å²) in [6.45, 7) is 6.12. The van der Waals surface area contributed by atoms with Gasteiger partial charge in [-0.3, -0.25) is 4.72 Å². The maximum Gasteiger partial charge on any atom is 0.229 e. The third-order valence-electron chi connectivity index (χ3n) is 4.52. The van der Waals surface area contributed by atoms with Crippen molar-refractivity contribution in [3.63, 3.8) is 0 Å². The molecule has 0 spiro atoms. The van der Waals surface area contributed by atoms with Crippen LogP contribution in [-0.4, -0.2) is 52.8 Å². The lowest BCUT2D eigenvalue weighted by Crippen LogP contribution is -2.42. The fourth-order valence-electron chi connectivity index (χ4n) is 3.09. The highest BCUT2D eigenvalue weighted by atomic mass is 32.2. The van der Waals surface area contributed by atoms with Crippen LogP contribution in [0.1, 0.15) is 38.2 Å². The molecule has 2 rings (SSSR count). The second-order valence-corrected chi connectivity index (χ2v) is 8.74. The van der Waals surface area contributed by atoms with E-state index in [1.165, 1.54) is 6.26 Å². The van der Waals surface area contributed by atoms with Gasteiger partial charge in [-0.25, -0.2) is 8.42 Å². The van der Waals surface area contributed by atoms with Crippen molar-refractivity contribution in [3.05, 3.63) is 23.8 Å². The summed E-state index contributed by atoms with van der Waals surface area (Å²) >= 11 is 0. The van der Waals surface area contributed by atoms with Gasteiger partial charge in [0.1, 0.15) is 0 Å². The molecule has 23 heavy (non-hydrogen) atoms. The van der Waals surface area contributed by atoms with Crippen LogP contribution >= 0.6 is 0 Å². The van der Waals surface area contributed by atoms with Gasteiger partial charge in [0.15, 0.2) is 0 Å². The summed E-state index contributed by atoms with van der Waals surface area (Å²) in [4.78, 5) is 4.56. The van der Waals surface area contributed by atoms with Crippen LogP contribution in [0, 0.1) is 0 Å². The van der Waals surface area contributed by atoms with Gasteiger partial charge < -0.3 is 9.80 Å². The van der Waals surface area contributed by atoms with E-state index in [4.69, 9.17) is 0 Å². The van der Waals surface area contributed by atoms with Crippen molar-refractivity contribution in [2.24, 2.45) is 0 Å². The average molecular weight is 340 g/mol. The first-order valence-corrected chi connectivity index (χ1v) is 10.1. The number of rotatable bonds is 5. The van der Waals surface area contributed by atoms with Gasteiger partial charge >= 0.3 is 0 Å². The second kappa shape index (κ2) is 7.09. The van der Waals surface area contributed by atoms with E-state index in [2.05, 4.69) is 54.6 Å². The standard InChI is InChI=1S/C17H29N3O2S/c1-13(2)14-6-7-17(16(12-14)18-23(5,21)22)20-10-8-15(9-11-20)19(3)4/h6-7,12-13,15,18H,8-11H2,1-5H3. The highest BCUT2D eigenvalue weighted by Gasteiger charge is 2.23. The SMILES string of the molecule is CC(C)c1ccc(N2CCC(N(C)C)CC2)c(NS(C)(=O)=O)c1. The summed E-state index contributed by atoms with van der Waals surface area (Å²) in [7, 11) is 0.949. The van der Waals surface area contributed by atoms with Gasteiger partial charge in [-0.1, -0.05) is 19.9 Å². The van der Waals surface area contributed by atoms with Crippen molar-refractivity contribution in [1.82, 2.24) is 4.90 Å². The van der Waals surface area contributed by atoms with Crippen molar-refractivity contribution in [1.29, 1.82) is 0 Å². The molecule has 0 bridgehead atoms. The number of benzene rings is 1. The summed E-state index contributed by atoms with van der Waals surface area (Å²) in [5.74, 6) is 0.364. The second-order valence-electron chi connectivity index (χ2n) is 6.99. The van der Waals surface area contributed by atoms with Crippen LogP contribution in [-0.2, 0) is 10.0 Å². The first-order chi connectivity index (χ1) is 10.7. The molecule has 1 saturated heterocycles. The number of nitrogens with one attached hydrogen (secondary N) is 1. The summed E-state index contributed by atoms with van der Waals surface area (Å²) < 4.78 is 26.1. The first kappa shape index (κ1) is 18.1. The molecule has 1 aromatic rings. The topological polar surface area (TPSA) is 52.6 Å². The normalized spacial score (nSPS) is 17.1. The molecular weight excluding hydrogens is 310 g/mol. The van der Waals surface area contributed by atoms with E-state index in [1.54, 1.807) is 0 Å². The predicted molar refractivity (Wildman–Crippen MR) is 97.9 cm³/mol. The smallest absolute Gasteiger partial charge is 0.229 e. The van der Waals surface area contributed by atoms with Gasteiger partial charge in [0.2, 0.25) is 10.0 Å². The van der Waals surface area contributed by atoms with Crippen molar-refractivity contribution in [2.45, 2.75) is 38.6 Å². The molecule has 0 radical (unpaired) electrons. The van der Waals surface area contributed by atoms with E-state index < -0.39 is 10.0 Å². The zero-order chi connectivity index (χ0) is 17.2. The largest absolute Gasteiger partial charge is 0.370 e. The van der Waals surface area contributed by atoms with E-state index >= 15 is 0 Å². The van der Waals surface area contributed by atoms with Crippen LogP contribution in [0.2, 0.25) is 0 Å². The Bertz CT molecular complexity index is 633. The molecule has 1 N–H and O–H groups in total. The van der Waals surface area contributed by atoms with Crippen LogP contribution in [0.25, 0.3) is 0 Å². The first-order valence-electron chi connectivity index (χ1n) is 8.20. The number of hydrogen-bond acceptors (Lipinski definition) is 4. The summed E-state index contributed by atoms with van der Waals surface area (Å²) in [5, 5.41) is 0. The van der Waals surface area contributed by atoms with Crippen LogP contribution in [0.15, 0.2) is 18.2 Å². The van der Waals surface area contributed by atoms with E-state index in [9.17, 15) is 8.42 Å².